The maximum atomic E-state index is 10.3. The first-order valence-corrected chi connectivity index (χ1v) is 7.63. The van der Waals surface area contributed by atoms with E-state index in [0.717, 1.165) is 16.5 Å². The van der Waals surface area contributed by atoms with E-state index in [1.54, 1.807) is 0 Å². The zero-order valence-electron chi connectivity index (χ0n) is 12.2. The van der Waals surface area contributed by atoms with Crippen LogP contribution in [0.15, 0.2) is 42.5 Å². The molecule has 2 aliphatic rings. The van der Waals surface area contributed by atoms with E-state index in [-0.39, 0.29) is 12.2 Å². The second-order valence-corrected chi connectivity index (χ2v) is 6.34. The minimum Gasteiger partial charge on any atom is -0.387 e. The van der Waals surface area contributed by atoms with E-state index in [2.05, 4.69) is 37.3 Å². The van der Waals surface area contributed by atoms with Crippen LogP contribution in [0.25, 0.3) is 21.5 Å². The Kier molecular flexibility index (Phi) is 2.33. The molecule has 4 atom stereocenters. The number of aliphatic hydroxyl groups excluding tert-OH is 2. The molecule has 0 bridgehead atoms. The molecule has 2 N–H and O–H groups in total. The van der Waals surface area contributed by atoms with Gasteiger partial charge in [0.05, 0.1) is 0 Å². The molecule has 1 aliphatic carbocycles. The largest absolute Gasteiger partial charge is 0.387 e. The smallest absolute Gasteiger partial charge is 0.118 e. The van der Waals surface area contributed by atoms with Crippen molar-refractivity contribution >= 4 is 21.5 Å². The normalized spacial score (nSPS) is 29.4. The lowest BCUT2D eigenvalue weighted by atomic mass is 9.83. The van der Waals surface area contributed by atoms with Crippen molar-refractivity contribution in [3.8, 4) is 0 Å². The maximum absolute atomic E-state index is 10.3. The molecule has 1 saturated heterocycles. The van der Waals surface area contributed by atoms with Gasteiger partial charge in [0.15, 0.2) is 0 Å². The van der Waals surface area contributed by atoms with Crippen LogP contribution in [0.4, 0.5) is 0 Å². The Morgan fingerprint density at radius 2 is 1.77 bits per heavy atom. The molecule has 0 aromatic heterocycles. The van der Waals surface area contributed by atoms with Crippen LogP contribution in [0.1, 0.15) is 28.9 Å². The fourth-order valence-electron chi connectivity index (χ4n) is 3.96. The predicted molar refractivity (Wildman–Crippen MR) is 84.8 cm³/mol. The number of rotatable bonds is 0. The molecule has 3 nitrogen and oxygen atoms in total. The average molecular weight is 292 g/mol. The van der Waals surface area contributed by atoms with Crippen LogP contribution < -0.4 is 0 Å². The van der Waals surface area contributed by atoms with Gasteiger partial charge in [-0.05, 0) is 51.2 Å². The van der Waals surface area contributed by atoms with Gasteiger partial charge in [0, 0.05) is 0 Å². The molecule has 3 aromatic rings. The number of aryl methyl sites for hydroxylation is 1. The third-order valence-corrected chi connectivity index (χ3v) is 5.18. The lowest BCUT2D eigenvalue weighted by Gasteiger charge is -2.25. The lowest BCUT2D eigenvalue weighted by molar-refractivity contribution is 0.000105. The maximum Gasteiger partial charge on any atom is 0.118 e. The van der Waals surface area contributed by atoms with Gasteiger partial charge in [0.2, 0.25) is 0 Å². The molecule has 3 aromatic carbocycles. The highest BCUT2D eigenvalue weighted by Crippen LogP contribution is 2.53. The van der Waals surface area contributed by atoms with Gasteiger partial charge in [-0.25, -0.2) is 0 Å². The molecule has 0 unspecified atom stereocenters. The highest BCUT2D eigenvalue weighted by atomic mass is 16.6. The van der Waals surface area contributed by atoms with Crippen LogP contribution >= 0.6 is 0 Å². The molecule has 1 aliphatic heterocycles. The van der Waals surface area contributed by atoms with Gasteiger partial charge >= 0.3 is 0 Å². The molecule has 1 heterocycles. The molecular weight excluding hydrogens is 276 g/mol. The van der Waals surface area contributed by atoms with Crippen molar-refractivity contribution in [1.82, 2.24) is 0 Å². The summed E-state index contributed by atoms with van der Waals surface area (Å²) in [6.45, 7) is 2.14. The Morgan fingerprint density at radius 1 is 0.955 bits per heavy atom. The highest BCUT2D eigenvalue weighted by molar-refractivity contribution is 6.04. The fraction of sp³-hybridized carbons (Fsp3) is 0.263. The summed E-state index contributed by atoms with van der Waals surface area (Å²) in [4.78, 5) is 0. The highest BCUT2D eigenvalue weighted by Gasteiger charge is 2.54. The standard InChI is InChI=1S/C19H16O3/c1-9-11-5-3-2-4-10(11)8-14-12(9)6-7-13-15(14)18-19(22-18)17(21)16(13)20/h2-8,16-21H,1H3/t16-,17+,18-,19+/m1/s1. The van der Waals surface area contributed by atoms with Crippen molar-refractivity contribution in [2.75, 3.05) is 0 Å². The van der Waals surface area contributed by atoms with Crippen molar-refractivity contribution in [1.29, 1.82) is 0 Å². The summed E-state index contributed by atoms with van der Waals surface area (Å²) in [5.41, 5.74) is 3.09. The Morgan fingerprint density at radius 3 is 2.64 bits per heavy atom. The van der Waals surface area contributed by atoms with E-state index < -0.39 is 12.2 Å². The first-order valence-electron chi connectivity index (χ1n) is 7.63. The minimum absolute atomic E-state index is 0.0855. The number of epoxide rings is 1. The number of fused-ring (bicyclic) bond motifs is 6. The zero-order chi connectivity index (χ0) is 15.0. The molecule has 0 saturated carbocycles. The van der Waals surface area contributed by atoms with Crippen molar-refractivity contribution in [3.05, 3.63) is 59.2 Å². The van der Waals surface area contributed by atoms with E-state index in [0.29, 0.717) is 0 Å². The molecule has 22 heavy (non-hydrogen) atoms. The van der Waals surface area contributed by atoms with Crippen LogP contribution in [0.5, 0.6) is 0 Å². The zero-order valence-corrected chi connectivity index (χ0v) is 12.2. The summed E-state index contributed by atoms with van der Waals surface area (Å²) >= 11 is 0. The first-order chi connectivity index (χ1) is 10.7. The van der Waals surface area contributed by atoms with Gasteiger partial charge in [-0.2, -0.15) is 0 Å². The summed E-state index contributed by atoms with van der Waals surface area (Å²) in [5.74, 6) is 0. The molecular formula is C19H16O3. The second kappa shape index (κ2) is 4.07. The van der Waals surface area contributed by atoms with Gasteiger partial charge in [0.25, 0.3) is 0 Å². The molecule has 0 spiro atoms. The number of benzene rings is 3. The van der Waals surface area contributed by atoms with E-state index in [1.165, 1.54) is 21.7 Å². The summed E-state index contributed by atoms with van der Waals surface area (Å²) in [6.07, 6.45) is -2.04. The SMILES string of the molecule is Cc1c2ccccc2cc2c3c(ccc12)[C@@H](O)[C@H](O)[C@@H]1O[C@H]31. The van der Waals surface area contributed by atoms with Gasteiger partial charge in [0.1, 0.15) is 24.4 Å². The van der Waals surface area contributed by atoms with Crippen molar-refractivity contribution in [2.45, 2.75) is 31.3 Å². The van der Waals surface area contributed by atoms with Crippen molar-refractivity contribution in [2.24, 2.45) is 0 Å². The topological polar surface area (TPSA) is 53.0 Å². The van der Waals surface area contributed by atoms with Crippen LogP contribution in [0.2, 0.25) is 0 Å². The molecule has 0 amide bonds. The van der Waals surface area contributed by atoms with Crippen LogP contribution in [-0.2, 0) is 4.74 Å². The fourth-order valence-corrected chi connectivity index (χ4v) is 3.96. The Balaban J connectivity index is 1.91. The van der Waals surface area contributed by atoms with Crippen molar-refractivity contribution in [3.63, 3.8) is 0 Å². The Hall–Kier alpha value is -1.94. The van der Waals surface area contributed by atoms with E-state index >= 15 is 0 Å². The molecule has 0 radical (unpaired) electrons. The third-order valence-electron chi connectivity index (χ3n) is 5.18. The molecule has 1 fully saturated rings. The first kappa shape index (κ1) is 12.6. The number of aliphatic hydroxyl groups is 2. The molecule has 5 rings (SSSR count). The molecule has 110 valence electrons. The van der Waals surface area contributed by atoms with Gasteiger partial charge < -0.3 is 14.9 Å². The summed E-state index contributed by atoms with van der Waals surface area (Å²) in [7, 11) is 0. The lowest BCUT2D eigenvalue weighted by Crippen LogP contribution is -2.29. The summed E-state index contributed by atoms with van der Waals surface area (Å²) in [5, 5.41) is 25.2. The minimum atomic E-state index is -0.866. The monoisotopic (exact) mass is 292 g/mol. The van der Waals surface area contributed by atoms with E-state index in [9.17, 15) is 10.2 Å². The van der Waals surface area contributed by atoms with E-state index in [1.807, 2.05) is 12.1 Å². The second-order valence-electron chi connectivity index (χ2n) is 6.34. The van der Waals surface area contributed by atoms with E-state index in [4.69, 9.17) is 4.74 Å². The van der Waals surface area contributed by atoms with Crippen LogP contribution in [0, 0.1) is 6.92 Å². The van der Waals surface area contributed by atoms with Gasteiger partial charge in [-0.15, -0.1) is 0 Å². The number of hydrogen-bond acceptors (Lipinski definition) is 3. The van der Waals surface area contributed by atoms with Crippen molar-refractivity contribution < 1.29 is 14.9 Å². The quantitative estimate of drug-likeness (QED) is 0.494. The summed E-state index contributed by atoms with van der Waals surface area (Å²) < 4.78 is 5.64. The Bertz CT molecular complexity index is 931. The number of ether oxygens (including phenoxy) is 1. The van der Waals surface area contributed by atoms with Gasteiger partial charge in [-0.1, -0.05) is 36.4 Å². The number of hydrogen-bond donors (Lipinski definition) is 2. The average Bonchev–Trinajstić information content (AvgIpc) is 3.33. The van der Waals surface area contributed by atoms with Crippen LogP contribution in [-0.4, -0.2) is 22.4 Å². The third kappa shape index (κ3) is 1.46. The Labute approximate surface area is 127 Å². The van der Waals surface area contributed by atoms with Gasteiger partial charge in [-0.3, -0.25) is 0 Å². The predicted octanol–water partition coefficient (Wildman–Crippen LogP) is 3.15. The van der Waals surface area contributed by atoms with Crippen LogP contribution in [0.3, 0.4) is 0 Å². The summed E-state index contributed by atoms with van der Waals surface area (Å²) in [6, 6.07) is 14.5. The molecule has 3 heteroatoms.